The lowest BCUT2D eigenvalue weighted by atomic mass is 10.2. The van der Waals surface area contributed by atoms with Crippen molar-refractivity contribution in [3.63, 3.8) is 0 Å². The van der Waals surface area contributed by atoms with Crippen molar-refractivity contribution in [1.29, 1.82) is 0 Å². The van der Waals surface area contributed by atoms with E-state index in [1.807, 2.05) is 75.4 Å². The van der Waals surface area contributed by atoms with Crippen molar-refractivity contribution in [2.45, 2.75) is 16.3 Å². The Balaban J connectivity index is 0.000000208. The molecular weight excluding hydrogens is 374 g/mol. The zero-order valence-corrected chi connectivity index (χ0v) is 17.9. The van der Waals surface area contributed by atoms with E-state index in [0.717, 1.165) is 28.5 Å². The largest absolute Gasteiger partial charge is 0.397 e. The minimum Gasteiger partial charge on any atom is -0.397 e. The quantitative estimate of drug-likeness (QED) is 0.382. The zero-order chi connectivity index (χ0) is 19.8. The molecule has 144 valence electrons. The summed E-state index contributed by atoms with van der Waals surface area (Å²) in [6, 6.07) is 16.0. The van der Waals surface area contributed by atoms with Gasteiger partial charge in [-0.1, -0.05) is 12.1 Å². The first-order valence-electron chi connectivity index (χ1n) is 8.52. The molecule has 0 aliphatic carbocycles. The Kier molecular flexibility index (Phi) is 8.09. The molecule has 2 aromatic carbocycles. The van der Waals surface area contributed by atoms with Crippen LogP contribution >= 0.6 is 24.6 Å². The van der Waals surface area contributed by atoms with Crippen molar-refractivity contribution in [3.05, 3.63) is 66.7 Å². The fourth-order valence-corrected chi connectivity index (χ4v) is 3.26. The number of nitrogens with two attached hydrogens (primary N) is 1. The number of nitrogens with zero attached hydrogens (tertiary/aromatic N) is 4. The van der Waals surface area contributed by atoms with Gasteiger partial charge < -0.3 is 15.2 Å². The number of rotatable bonds is 5. The highest BCUT2D eigenvalue weighted by Crippen LogP contribution is 2.22. The smallest absolute Gasteiger partial charge is 0.0947 e. The van der Waals surface area contributed by atoms with Gasteiger partial charge in [0.25, 0.3) is 0 Å². The second-order valence-corrected chi connectivity index (χ2v) is 8.24. The van der Waals surface area contributed by atoms with E-state index >= 15 is 0 Å². The molecule has 2 N–H and O–H groups in total. The molecule has 0 unspecified atom stereocenters. The molecule has 1 aromatic heterocycles. The van der Waals surface area contributed by atoms with E-state index in [4.69, 9.17) is 5.73 Å². The molecule has 3 aromatic rings. The third-order valence-corrected chi connectivity index (χ3v) is 4.78. The molecular formula is C20H27N5S2. The van der Waals surface area contributed by atoms with Gasteiger partial charge in [-0.15, -0.1) is 12.6 Å². The first kappa shape index (κ1) is 21.2. The molecule has 1 heterocycles. The summed E-state index contributed by atoms with van der Waals surface area (Å²) in [4.78, 5) is 8.64. The number of anilines is 2. The average molecular weight is 402 g/mol. The molecule has 0 radical (unpaired) electrons. The highest BCUT2D eigenvalue weighted by molar-refractivity contribution is 7.97. The van der Waals surface area contributed by atoms with E-state index in [0.29, 0.717) is 0 Å². The maximum atomic E-state index is 5.91. The summed E-state index contributed by atoms with van der Waals surface area (Å²) in [5, 5.41) is 0. The van der Waals surface area contributed by atoms with Gasteiger partial charge in [-0.2, -0.15) is 0 Å². The van der Waals surface area contributed by atoms with Crippen molar-refractivity contribution in [1.82, 2.24) is 13.9 Å². The van der Waals surface area contributed by atoms with E-state index in [2.05, 4.69) is 39.0 Å². The molecule has 27 heavy (non-hydrogen) atoms. The van der Waals surface area contributed by atoms with Crippen molar-refractivity contribution in [3.8, 4) is 0 Å². The lowest BCUT2D eigenvalue weighted by Crippen LogP contribution is -2.17. The number of hydrogen-bond acceptors (Lipinski definition) is 6. The molecule has 0 aliphatic rings. The summed E-state index contributed by atoms with van der Waals surface area (Å²) in [5.41, 5.74) is 8.78. The van der Waals surface area contributed by atoms with Gasteiger partial charge in [0.15, 0.2) is 0 Å². The second kappa shape index (κ2) is 10.3. The molecule has 0 atom stereocenters. The van der Waals surface area contributed by atoms with Gasteiger partial charge in [-0.25, -0.2) is 4.98 Å². The number of para-hydroxylation sites is 2. The number of nitrogen functional groups attached to an aromatic ring is 1. The van der Waals surface area contributed by atoms with Crippen LogP contribution in [0.25, 0.3) is 0 Å². The maximum Gasteiger partial charge on any atom is 0.0947 e. The predicted octanol–water partition coefficient (Wildman–Crippen LogP) is 4.18. The highest BCUT2D eigenvalue weighted by atomic mass is 32.2. The number of benzene rings is 2. The second-order valence-electron chi connectivity index (χ2n) is 6.34. The van der Waals surface area contributed by atoms with Crippen LogP contribution in [0.3, 0.4) is 0 Å². The average Bonchev–Trinajstić information content (AvgIpc) is 3.02. The Morgan fingerprint density at radius 1 is 1.07 bits per heavy atom. The molecule has 0 amide bonds. The standard InChI is InChI=1S/C12H16N4.C8H11NS2/c1-15-7-10(14-9-15)8-16(2)12-6-4-3-5-11(12)13;1-9(2)11-8-5-3-7(10)4-6-8/h3-7,9H,8,13H2,1-2H3;3-6,10H,1-2H3. The molecule has 5 nitrogen and oxygen atoms in total. The normalized spacial score (nSPS) is 10.4. The van der Waals surface area contributed by atoms with Gasteiger partial charge >= 0.3 is 0 Å². The van der Waals surface area contributed by atoms with Crippen molar-refractivity contribution in [2.75, 3.05) is 31.8 Å². The van der Waals surface area contributed by atoms with Crippen LogP contribution in [0.15, 0.2) is 70.8 Å². The Hall–Kier alpha value is -2.09. The van der Waals surface area contributed by atoms with E-state index in [9.17, 15) is 0 Å². The fourth-order valence-electron chi connectivity index (χ4n) is 2.43. The maximum absolute atomic E-state index is 5.91. The molecule has 0 fully saturated rings. The minimum absolute atomic E-state index is 0.759. The minimum atomic E-state index is 0.759. The Morgan fingerprint density at radius 2 is 1.74 bits per heavy atom. The Labute approximate surface area is 171 Å². The molecule has 3 rings (SSSR count). The van der Waals surface area contributed by atoms with Crippen molar-refractivity contribution < 1.29 is 0 Å². The molecule has 0 aliphatic heterocycles. The third kappa shape index (κ3) is 7.21. The van der Waals surface area contributed by atoms with Crippen LogP contribution in [0.4, 0.5) is 11.4 Å². The van der Waals surface area contributed by atoms with Gasteiger partial charge in [0.05, 0.1) is 29.9 Å². The van der Waals surface area contributed by atoms with Gasteiger partial charge in [-0.3, -0.25) is 4.31 Å². The summed E-state index contributed by atoms with van der Waals surface area (Å²) in [6.07, 6.45) is 3.81. The number of aromatic nitrogens is 2. The van der Waals surface area contributed by atoms with Crippen LogP contribution in [0.5, 0.6) is 0 Å². The third-order valence-electron chi connectivity index (χ3n) is 3.63. The van der Waals surface area contributed by atoms with Gasteiger partial charge in [0, 0.05) is 30.1 Å². The number of hydrogen-bond donors (Lipinski definition) is 2. The Bertz CT molecular complexity index is 830. The van der Waals surface area contributed by atoms with E-state index in [1.165, 1.54) is 4.90 Å². The van der Waals surface area contributed by atoms with E-state index in [1.54, 1.807) is 18.3 Å². The summed E-state index contributed by atoms with van der Waals surface area (Å²) in [6.45, 7) is 0.759. The van der Waals surface area contributed by atoms with Crippen LogP contribution in [0, 0.1) is 0 Å². The fraction of sp³-hybridized carbons (Fsp3) is 0.250. The summed E-state index contributed by atoms with van der Waals surface area (Å²) < 4.78 is 4.01. The monoisotopic (exact) mass is 401 g/mol. The number of thiol groups is 1. The van der Waals surface area contributed by atoms with Crippen LogP contribution < -0.4 is 10.6 Å². The van der Waals surface area contributed by atoms with Gasteiger partial charge in [0.2, 0.25) is 0 Å². The lowest BCUT2D eigenvalue weighted by Gasteiger charge is -2.19. The molecule has 0 spiro atoms. The van der Waals surface area contributed by atoms with Crippen LogP contribution in [-0.2, 0) is 13.6 Å². The van der Waals surface area contributed by atoms with Crippen molar-refractivity contribution >= 4 is 36.0 Å². The molecule has 7 heteroatoms. The van der Waals surface area contributed by atoms with Crippen LogP contribution in [0.1, 0.15) is 5.69 Å². The van der Waals surface area contributed by atoms with Crippen molar-refractivity contribution in [2.24, 2.45) is 7.05 Å². The molecule has 0 saturated heterocycles. The Morgan fingerprint density at radius 3 is 2.30 bits per heavy atom. The first-order chi connectivity index (χ1) is 12.8. The van der Waals surface area contributed by atoms with Gasteiger partial charge in [-0.05, 0) is 62.4 Å². The first-order valence-corrected chi connectivity index (χ1v) is 9.74. The highest BCUT2D eigenvalue weighted by Gasteiger charge is 2.06. The zero-order valence-electron chi connectivity index (χ0n) is 16.2. The lowest BCUT2D eigenvalue weighted by molar-refractivity contribution is 0.702. The van der Waals surface area contributed by atoms with Crippen LogP contribution in [0.2, 0.25) is 0 Å². The van der Waals surface area contributed by atoms with E-state index in [-0.39, 0.29) is 0 Å². The number of aryl methyl sites for hydroxylation is 1. The van der Waals surface area contributed by atoms with Gasteiger partial charge in [0.1, 0.15) is 0 Å². The molecule has 0 bridgehead atoms. The SMILES string of the molecule is CN(C)Sc1ccc(S)cc1.CN(Cc1cn(C)cn1)c1ccccc1N. The molecule has 0 saturated carbocycles. The van der Waals surface area contributed by atoms with Crippen LogP contribution in [-0.4, -0.2) is 35.0 Å². The summed E-state index contributed by atoms with van der Waals surface area (Å²) in [5.74, 6) is 0. The summed E-state index contributed by atoms with van der Waals surface area (Å²) >= 11 is 5.91. The summed E-state index contributed by atoms with van der Waals surface area (Å²) in [7, 11) is 8.03. The predicted molar refractivity (Wildman–Crippen MR) is 119 cm³/mol. The number of imidazole rings is 1. The van der Waals surface area contributed by atoms with E-state index < -0.39 is 0 Å². The topological polar surface area (TPSA) is 50.3 Å².